The summed E-state index contributed by atoms with van der Waals surface area (Å²) in [5.41, 5.74) is 0. The maximum absolute atomic E-state index is 11.7. The fraction of sp³-hybridized carbons (Fsp3) is 1.00. The molecule has 0 radical (unpaired) electrons. The van der Waals surface area contributed by atoms with Crippen LogP contribution in [-0.4, -0.2) is 18.2 Å². The molecule has 0 rings (SSSR count). The molecule has 1 N–H and O–H groups in total. The van der Waals surface area contributed by atoms with Crippen LogP contribution in [0.4, 0.5) is 0 Å². The Labute approximate surface area is 202 Å². The molecule has 0 aromatic rings. The first kappa shape index (κ1) is 31.9. The minimum Gasteiger partial charge on any atom is -0.285 e. The largest absolute Gasteiger partial charge is 0.285 e. The first-order chi connectivity index (χ1) is 15.5. The van der Waals surface area contributed by atoms with Crippen molar-refractivity contribution in [3.63, 3.8) is 0 Å². The van der Waals surface area contributed by atoms with Crippen LogP contribution in [-0.2, 0) is 10.1 Å². The Kier molecular flexibility index (Phi) is 24.0. The predicted molar refractivity (Wildman–Crippen MR) is 142 cm³/mol. The van der Waals surface area contributed by atoms with Crippen molar-refractivity contribution in [3.8, 4) is 0 Å². The van der Waals surface area contributed by atoms with Crippen LogP contribution in [0.3, 0.4) is 0 Å². The van der Waals surface area contributed by atoms with Crippen LogP contribution in [0.1, 0.15) is 174 Å². The van der Waals surface area contributed by atoms with Crippen LogP contribution >= 0.6 is 0 Å². The first-order valence-electron chi connectivity index (χ1n) is 14.5. The molecular formula is C28H58O3S. The molecule has 0 fully saturated rings. The van der Waals surface area contributed by atoms with Gasteiger partial charge in [0.05, 0.1) is 5.25 Å². The molecule has 32 heavy (non-hydrogen) atoms. The van der Waals surface area contributed by atoms with Gasteiger partial charge >= 0.3 is 0 Å². The van der Waals surface area contributed by atoms with Gasteiger partial charge in [-0.2, -0.15) is 8.42 Å². The fourth-order valence-corrected chi connectivity index (χ4v) is 5.62. The fourth-order valence-electron chi connectivity index (χ4n) is 4.69. The average Bonchev–Trinajstić information content (AvgIpc) is 2.75. The van der Waals surface area contributed by atoms with Crippen LogP contribution < -0.4 is 0 Å². The maximum Gasteiger partial charge on any atom is 0.267 e. The Morgan fingerprint density at radius 2 is 0.656 bits per heavy atom. The highest BCUT2D eigenvalue weighted by molar-refractivity contribution is 7.86. The highest BCUT2D eigenvalue weighted by atomic mass is 32.2. The minimum atomic E-state index is -3.89. The summed E-state index contributed by atoms with van der Waals surface area (Å²) in [6.45, 7) is 4.51. The second-order valence-electron chi connectivity index (χ2n) is 10.1. The number of rotatable bonds is 26. The van der Waals surface area contributed by atoms with Crippen LogP contribution in [0.15, 0.2) is 0 Å². The van der Waals surface area contributed by atoms with E-state index in [0.29, 0.717) is 12.8 Å². The minimum absolute atomic E-state index is 0.538. The Morgan fingerprint density at radius 3 is 0.875 bits per heavy atom. The molecule has 0 saturated carbocycles. The van der Waals surface area contributed by atoms with Crippen LogP contribution in [0.5, 0.6) is 0 Å². The molecule has 0 aromatic carbocycles. The molecular weight excluding hydrogens is 416 g/mol. The molecule has 1 atom stereocenters. The lowest BCUT2D eigenvalue weighted by Gasteiger charge is -2.13. The van der Waals surface area contributed by atoms with Gasteiger partial charge in [-0.05, 0) is 12.8 Å². The van der Waals surface area contributed by atoms with E-state index >= 15 is 0 Å². The summed E-state index contributed by atoms with van der Waals surface area (Å²) in [4.78, 5) is 0. The highest BCUT2D eigenvalue weighted by Crippen LogP contribution is 2.20. The van der Waals surface area contributed by atoms with Gasteiger partial charge in [-0.25, -0.2) is 0 Å². The van der Waals surface area contributed by atoms with Crippen LogP contribution in [0.2, 0.25) is 0 Å². The van der Waals surface area contributed by atoms with Gasteiger partial charge in [0.2, 0.25) is 0 Å². The third-order valence-electron chi connectivity index (χ3n) is 6.93. The van der Waals surface area contributed by atoms with Gasteiger partial charge in [-0.15, -0.1) is 0 Å². The Bertz CT molecular complexity index is 461. The van der Waals surface area contributed by atoms with E-state index in [0.717, 1.165) is 25.7 Å². The van der Waals surface area contributed by atoms with Gasteiger partial charge in [0.25, 0.3) is 10.1 Å². The molecule has 4 heteroatoms. The summed E-state index contributed by atoms with van der Waals surface area (Å²) in [7, 11) is -3.89. The van der Waals surface area contributed by atoms with E-state index in [2.05, 4.69) is 13.8 Å². The molecule has 0 aliphatic carbocycles. The summed E-state index contributed by atoms with van der Waals surface area (Å²) < 4.78 is 33.0. The average molecular weight is 475 g/mol. The Hall–Kier alpha value is -0.0900. The lowest BCUT2D eigenvalue weighted by Crippen LogP contribution is -2.20. The van der Waals surface area contributed by atoms with Crippen molar-refractivity contribution >= 4 is 10.1 Å². The molecule has 0 saturated heterocycles. The van der Waals surface area contributed by atoms with Crippen LogP contribution in [0, 0.1) is 0 Å². The van der Waals surface area contributed by atoms with Gasteiger partial charge in [0.1, 0.15) is 0 Å². The molecule has 0 spiro atoms. The zero-order chi connectivity index (χ0) is 23.8. The van der Waals surface area contributed by atoms with Crippen molar-refractivity contribution in [2.24, 2.45) is 0 Å². The van der Waals surface area contributed by atoms with E-state index in [9.17, 15) is 13.0 Å². The van der Waals surface area contributed by atoms with Gasteiger partial charge in [0, 0.05) is 0 Å². The zero-order valence-electron chi connectivity index (χ0n) is 21.9. The van der Waals surface area contributed by atoms with E-state index in [4.69, 9.17) is 0 Å². The topological polar surface area (TPSA) is 54.4 Å². The smallest absolute Gasteiger partial charge is 0.267 e. The SMILES string of the molecule is CCCCCCCCCCCCCCCC(CCCCCCCCCCCC)S(=O)(=O)O. The van der Waals surface area contributed by atoms with Crippen molar-refractivity contribution in [2.45, 2.75) is 180 Å². The van der Waals surface area contributed by atoms with Crippen molar-refractivity contribution < 1.29 is 13.0 Å². The summed E-state index contributed by atoms with van der Waals surface area (Å²) in [5.74, 6) is 0. The molecule has 0 aromatic heterocycles. The number of hydrogen-bond acceptors (Lipinski definition) is 2. The first-order valence-corrected chi connectivity index (χ1v) is 16.0. The predicted octanol–water partition coefficient (Wildman–Crippen LogP) is 10.0. The van der Waals surface area contributed by atoms with Gasteiger partial charge in [0.15, 0.2) is 0 Å². The maximum atomic E-state index is 11.7. The second-order valence-corrected chi connectivity index (χ2v) is 11.8. The highest BCUT2D eigenvalue weighted by Gasteiger charge is 2.21. The third kappa shape index (κ3) is 23.1. The number of hydrogen-bond donors (Lipinski definition) is 1. The molecule has 1 unspecified atom stereocenters. The molecule has 0 amide bonds. The molecule has 0 aliphatic rings. The van der Waals surface area contributed by atoms with Crippen molar-refractivity contribution in [3.05, 3.63) is 0 Å². The lowest BCUT2D eigenvalue weighted by molar-refractivity contribution is 0.442. The summed E-state index contributed by atoms with van der Waals surface area (Å²) in [6.07, 6.45) is 30.6. The molecule has 3 nitrogen and oxygen atoms in total. The quantitative estimate of drug-likeness (QED) is 0.100. The van der Waals surface area contributed by atoms with E-state index in [-0.39, 0.29) is 0 Å². The monoisotopic (exact) mass is 474 g/mol. The lowest BCUT2D eigenvalue weighted by atomic mass is 10.0. The standard InChI is InChI=1S/C28H58O3S/c1-3-5-7-9-11-13-15-16-17-19-21-23-25-27-28(32(29,30)31)26-24-22-20-18-14-12-10-8-6-4-2/h28H,3-27H2,1-2H3,(H,29,30,31). The van der Waals surface area contributed by atoms with Crippen molar-refractivity contribution in [1.82, 2.24) is 0 Å². The molecule has 0 aliphatic heterocycles. The van der Waals surface area contributed by atoms with Crippen LogP contribution in [0.25, 0.3) is 0 Å². The number of unbranched alkanes of at least 4 members (excludes halogenated alkanes) is 21. The van der Waals surface area contributed by atoms with Gasteiger partial charge < -0.3 is 0 Å². The van der Waals surface area contributed by atoms with Crippen molar-refractivity contribution in [1.29, 1.82) is 0 Å². The second kappa shape index (κ2) is 24.0. The molecule has 0 bridgehead atoms. The van der Waals surface area contributed by atoms with Gasteiger partial charge in [-0.1, -0.05) is 162 Å². The summed E-state index contributed by atoms with van der Waals surface area (Å²) in [6, 6.07) is 0. The summed E-state index contributed by atoms with van der Waals surface area (Å²) >= 11 is 0. The zero-order valence-corrected chi connectivity index (χ0v) is 22.7. The molecule has 194 valence electrons. The van der Waals surface area contributed by atoms with E-state index in [1.165, 1.54) is 122 Å². The van der Waals surface area contributed by atoms with E-state index in [1.54, 1.807) is 0 Å². The Morgan fingerprint density at radius 1 is 0.438 bits per heavy atom. The van der Waals surface area contributed by atoms with E-state index in [1.807, 2.05) is 0 Å². The molecule has 0 heterocycles. The van der Waals surface area contributed by atoms with Crippen molar-refractivity contribution in [2.75, 3.05) is 0 Å². The van der Waals surface area contributed by atoms with E-state index < -0.39 is 15.4 Å². The van der Waals surface area contributed by atoms with Gasteiger partial charge in [-0.3, -0.25) is 4.55 Å². The Balaban J connectivity index is 3.58. The normalized spacial score (nSPS) is 13.0. The summed E-state index contributed by atoms with van der Waals surface area (Å²) in [5, 5.41) is -0.538. The third-order valence-corrected chi connectivity index (χ3v) is 8.24.